The van der Waals surface area contributed by atoms with Crippen molar-refractivity contribution in [2.45, 2.75) is 32.5 Å². The molecule has 0 aliphatic heterocycles. The van der Waals surface area contributed by atoms with Crippen LogP contribution in [0.3, 0.4) is 0 Å². The molecule has 0 radical (unpaired) electrons. The average Bonchev–Trinajstić information content (AvgIpc) is 2.29. The van der Waals surface area contributed by atoms with Crippen molar-refractivity contribution in [2.24, 2.45) is 0 Å². The second-order valence-corrected chi connectivity index (χ2v) is 6.03. The fraction of sp³-hybridized carbons (Fsp3) is 0.538. The highest BCUT2D eigenvalue weighted by molar-refractivity contribution is 6.35. The van der Waals surface area contributed by atoms with Gasteiger partial charge in [0.25, 0.3) is 0 Å². The van der Waals surface area contributed by atoms with Crippen LogP contribution in [-0.2, 0) is 4.74 Å². The molecule has 0 aromatic heterocycles. The molecule has 0 amide bonds. The topological polar surface area (TPSA) is 41.5 Å². The largest absolute Gasteiger partial charge is 0.389 e. The van der Waals surface area contributed by atoms with Crippen LogP contribution in [0, 0.1) is 5.82 Å². The van der Waals surface area contributed by atoms with Crippen molar-refractivity contribution >= 4 is 28.9 Å². The van der Waals surface area contributed by atoms with Gasteiger partial charge in [-0.1, -0.05) is 23.2 Å². The van der Waals surface area contributed by atoms with Gasteiger partial charge in [0.1, 0.15) is 0 Å². The van der Waals surface area contributed by atoms with Crippen molar-refractivity contribution in [1.29, 1.82) is 0 Å². The van der Waals surface area contributed by atoms with E-state index < -0.39 is 11.9 Å². The second kappa shape index (κ2) is 6.75. The quantitative estimate of drug-likeness (QED) is 0.815. The van der Waals surface area contributed by atoms with Crippen LogP contribution >= 0.6 is 23.2 Å². The maximum atomic E-state index is 13.2. The Bertz CT molecular complexity index is 412. The van der Waals surface area contributed by atoms with Gasteiger partial charge >= 0.3 is 0 Å². The Kier molecular flexibility index (Phi) is 5.86. The third kappa shape index (κ3) is 5.95. The summed E-state index contributed by atoms with van der Waals surface area (Å²) in [6.07, 6.45) is -0.679. The van der Waals surface area contributed by atoms with Gasteiger partial charge in [-0.2, -0.15) is 0 Å². The highest BCUT2D eigenvalue weighted by Gasteiger charge is 2.14. The maximum Gasteiger partial charge on any atom is 0.160 e. The molecule has 1 aromatic rings. The predicted octanol–water partition coefficient (Wildman–Crippen LogP) is 3.72. The van der Waals surface area contributed by atoms with E-state index in [1.54, 1.807) is 0 Å². The average molecular weight is 310 g/mol. The SMILES string of the molecule is CC(C)(C)OCC(O)CNc1cc(Cl)c(F)c(Cl)c1. The monoisotopic (exact) mass is 309 g/mol. The van der Waals surface area contributed by atoms with Gasteiger partial charge in [-0.3, -0.25) is 0 Å². The van der Waals surface area contributed by atoms with Gasteiger partial charge in [0.2, 0.25) is 0 Å². The first-order valence-electron chi connectivity index (χ1n) is 5.89. The van der Waals surface area contributed by atoms with Gasteiger partial charge in [-0.05, 0) is 32.9 Å². The van der Waals surface area contributed by atoms with E-state index in [1.807, 2.05) is 20.8 Å². The van der Waals surface area contributed by atoms with Crippen LogP contribution in [0.4, 0.5) is 10.1 Å². The van der Waals surface area contributed by atoms with Gasteiger partial charge in [0.05, 0.1) is 28.4 Å². The third-order valence-corrected chi connectivity index (χ3v) is 2.78. The minimum Gasteiger partial charge on any atom is -0.389 e. The predicted molar refractivity (Wildman–Crippen MR) is 76.6 cm³/mol. The molecular weight excluding hydrogens is 292 g/mol. The molecule has 1 aromatic carbocycles. The standard InChI is InChI=1S/C13H18Cl2FNO2/c1-13(2,3)19-7-9(18)6-17-8-4-10(14)12(16)11(15)5-8/h4-5,9,17-18H,6-7H2,1-3H3. The van der Waals surface area contributed by atoms with Crippen LogP contribution in [0.2, 0.25) is 10.0 Å². The fourth-order valence-electron chi connectivity index (χ4n) is 1.30. The molecule has 108 valence electrons. The van der Waals surface area contributed by atoms with E-state index in [0.29, 0.717) is 5.69 Å². The number of aliphatic hydroxyl groups excluding tert-OH is 1. The molecule has 0 saturated carbocycles. The van der Waals surface area contributed by atoms with E-state index in [4.69, 9.17) is 27.9 Å². The zero-order valence-corrected chi connectivity index (χ0v) is 12.6. The lowest BCUT2D eigenvalue weighted by Gasteiger charge is -2.22. The van der Waals surface area contributed by atoms with Gasteiger partial charge in [0, 0.05) is 12.2 Å². The van der Waals surface area contributed by atoms with Crippen molar-refractivity contribution in [3.63, 3.8) is 0 Å². The summed E-state index contributed by atoms with van der Waals surface area (Å²) in [5.74, 6) is -0.648. The summed E-state index contributed by atoms with van der Waals surface area (Å²) >= 11 is 11.3. The normalized spacial score (nSPS) is 13.4. The van der Waals surface area contributed by atoms with Crippen molar-refractivity contribution in [3.05, 3.63) is 28.0 Å². The van der Waals surface area contributed by atoms with Crippen LogP contribution in [0.25, 0.3) is 0 Å². The molecule has 0 saturated heterocycles. The lowest BCUT2D eigenvalue weighted by atomic mass is 10.2. The lowest BCUT2D eigenvalue weighted by molar-refractivity contribution is -0.0449. The number of hydrogen-bond donors (Lipinski definition) is 2. The molecular formula is C13H18Cl2FNO2. The molecule has 1 unspecified atom stereocenters. The first-order valence-corrected chi connectivity index (χ1v) is 6.65. The molecule has 3 nitrogen and oxygen atoms in total. The molecule has 0 aliphatic carbocycles. The molecule has 0 heterocycles. The number of ether oxygens (including phenoxy) is 1. The summed E-state index contributed by atoms with van der Waals surface area (Å²) in [7, 11) is 0. The number of aliphatic hydroxyl groups is 1. The molecule has 0 bridgehead atoms. The van der Waals surface area contributed by atoms with Crippen LogP contribution in [0.15, 0.2) is 12.1 Å². The number of rotatable bonds is 5. The second-order valence-electron chi connectivity index (χ2n) is 5.21. The van der Waals surface area contributed by atoms with Crippen molar-refractivity contribution in [2.75, 3.05) is 18.5 Å². The number of hydrogen-bond acceptors (Lipinski definition) is 3. The Morgan fingerprint density at radius 1 is 1.32 bits per heavy atom. The van der Waals surface area contributed by atoms with Gasteiger partial charge < -0.3 is 15.2 Å². The van der Waals surface area contributed by atoms with Crippen LogP contribution in [-0.4, -0.2) is 30.0 Å². The van der Waals surface area contributed by atoms with Crippen molar-refractivity contribution in [3.8, 4) is 0 Å². The van der Waals surface area contributed by atoms with E-state index in [2.05, 4.69) is 5.32 Å². The molecule has 0 spiro atoms. The third-order valence-electron chi connectivity index (χ3n) is 2.23. The Morgan fingerprint density at radius 2 is 1.84 bits per heavy atom. The van der Waals surface area contributed by atoms with E-state index in [9.17, 15) is 9.50 Å². The fourth-order valence-corrected chi connectivity index (χ4v) is 1.79. The first kappa shape index (κ1) is 16.5. The highest BCUT2D eigenvalue weighted by Crippen LogP contribution is 2.27. The zero-order valence-electron chi connectivity index (χ0n) is 11.1. The van der Waals surface area contributed by atoms with E-state index in [0.717, 1.165) is 0 Å². The number of halogens is 3. The molecule has 1 atom stereocenters. The first-order chi connectivity index (χ1) is 8.69. The van der Waals surface area contributed by atoms with Crippen molar-refractivity contribution < 1.29 is 14.2 Å². The Hall–Kier alpha value is -0.550. The van der Waals surface area contributed by atoms with Crippen LogP contribution in [0.5, 0.6) is 0 Å². The smallest absolute Gasteiger partial charge is 0.160 e. The maximum absolute atomic E-state index is 13.2. The zero-order chi connectivity index (χ0) is 14.6. The molecule has 1 rings (SSSR count). The summed E-state index contributed by atoms with van der Waals surface area (Å²) in [6.45, 7) is 6.19. The van der Waals surface area contributed by atoms with Crippen LogP contribution in [0.1, 0.15) is 20.8 Å². The van der Waals surface area contributed by atoms with E-state index >= 15 is 0 Å². The van der Waals surface area contributed by atoms with Gasteiger partial charge in [-0.15, -0.1) is 0 Å². The minimum atomic E-state index is -0.679. The summed E-state index contributed by atoms with van der Waals surface area (Å²) in [4.78, 5) is 0. The highest BCUT2D eigenvalue weighted by atomic mass is 35.5. The number of nitrogens with one attached hydrogen (secondary N) is 1. The molecule has 19 heavy (non-hydrogen) atoms. The summed E-state index contributed by atoms with van der Waals surface area (Å²) in [6, 6.07) is 2.83. The minimum absolute atomic E-state index is 0.0598. The van der Waals surface area contributed by atoms with Crippen molar-refractivity contribution in [1.82, 2.24) is 0 Å². The summed E-state index contributed by atoms with van der Waals surface area (Å²) < 4.78 is 18.6. The molecule has 0 aliphatic rings. The number of anilines is 1. The summed E-state index contributed by atoms with van der Waals surface area (Å²) in [5.41, 5.74) is 0.245. The van der Waals surface area contributed by atoms with Gasteiger partial charge in [-0.25, -0.2) is 4.39 Å². The molecule has 6 heteroatoms. The molecule has 2 N–H and O–H groups in total. The molecule has 0 fully saturated rings. The summed E-state index contributed by atoms with van der Waals surface area (Å²) in [5, 5.41) is 12.5. The van der Waals surface area contributed by atoms with E-state index in [1.165, 1.54) is 12.1 Å². The lowest BCUT2D eigenvalue weighted by Crippen LogP contribution is -2.30. The Morgan fingerprint density at radius 3 is 2.32 bits per heavy atom. The Labute approximate surface area is 122 Å². The van der Waals surface area contributed by atoms with E-state index in [-0.39, 0.29) is 28.8 Å². The Balaban J connectivity index is 2.48. The van der Waals surface area contributed by atoms with Crippen LogP contribution < -0.4 is 5.32 Å². The van der Waals surface area contributed by atoms with Gasteiger partial charge in [0.15, 0.2) is 5.82 Å². The number of benzene rings is 1.